The molecule has 12 aromatic rings. The smallest absolute Gasteiger partial charge is 0.0629 e. The predicted molar refractivity (Wildman–Crippen MR) is 272 cm³/mol. The lowest BCUT2D eigenvalue weighted by atomic mass is 9.97. The maximum Gasteiger partial charge on any atom is 0.0629 e. The predicted octanol–water partition coefficient (Wildman–Crippen LogP) is 17.2. The molecule has 0 aliphatic heterocycles. The normalized spacial score (nSPS) is 13.6. The van der Waals surface area contributed by atoms with Gasteiger partial charge in [-0.05, 0) is 127 Å². The summed E-state index contributed by atoms with van der Waals surface area (Å²) in [5.74, 6) is 0. The molecule has 1 heterocycles. The van der Waals surface area contributed by atoms with Crippen molar-refractivity contribution in [3.8, 4) is 50.2 Å². The van der Waals surface area contributed by atoms with Gasteiger partial charge in [0.1, 0.15) is 0 Å². The summed E-state index contributed by atoms with van der Waals surface area (Å²) in [6.45, 7) is 0. The highest BCUT2D eigenvalue weighted by molar-refractivity contribution is 6.19. The Morgan fingerprint density at radius 2 is 0.797 bits per heavy atom. The summed E-state index contributed by atoms with van der Waals surface area (Å²) in [6.07, 6.45) is 0. The topological polar surface area (TPSA) is 8.17 Å². The zero-order valence-electron chi connectivity index (χ0n) is 44.4. The molecular weight excluding hydrogens is 773 g/mol. The Hall–Kier alpha value is -8.46. The molecule has 64 heavy (non-hydrogen) atoms. The molecule has 300 valence electrons. The van der Waals surface area contributed by atoms with E-state index < -0.39 is 36.3 Å². The fourth-order valence-electron chi connectivity index (χ4n) is 9.00. The van der Waals surface area contributed by atoms with E-state index in [9.17, 15) is 0 Å². The lowest BCUT2D eigenvalue weighted by Gasteiger charge is -2.26. The van der Waals surface area contributed by atoms with Crippen molar-refractivity contribution in [3.63, 3.8) is 0 Å². The molecule has 2 heteroatoms. The minimum Gasteiger partial charge on any atom is -0.310 e. The van der Waals surface area contributed by atoms with E-state index in [0.29, 0.717) is 22.5 Å². The summed E-state index contributed by atoms with van der Waals surface area (Å²) in [7, 11) is 0. The molecule has 0 saturated carbocycles. The highest BCUT2D eigenvalue weighted by Gasteiger charge is 2.17. The highest BCUT2D eigenvalue weighted by atomic mass is 15.1. The lowest BCUT2D eigenvalue weighted by molar-refractivity contribution is 1.19. The molecular formula is C62H42N2. The second-order valence-corrected chi connectivity index (χ2v) is 15.8. The van der Waals surface area contributed by atoms with Gasteiger partial charge in [-0.1, -0.05) is 188 Å². The zero-order valence-corrected chi connectivity index (χ0v) is 34.4. The third-order valence-corrected chi connectivity index (χ3v) is 12.1. The first-order chi connectivity index (χ1) is 35.9. The van der Waals surface area contributed by atoms with E-state index in [1.54, 1.807) is 24.3 Å². The van der Waals surface area contributed by atoms with Gasteiger partial charge in [-0.2, -0.15) is 0 Å². The maximum atomic E-state index is 8.58. The van der Waals surface area contributed by atoms with Gasteiger partial charge < -0.3 is 9.47 Å². The third kappa shape index (κ3) is 6.70. The Bertz CT molecular complexity index is 4060. The van der Waals surface area contributed by atoms with Gasteiger partial charge in [0.25, 0.3) is 0 Å². The van der Waals surface area contributed by atoms with Gasteiger partial charge in [0, 0.05) is 38.9 Å². The molecule has 0 amide bonds. The molecule has 0 radical (unpaired) electrons. The molecule has 2 nitrogen and oxygen atoms in total. The monoisotopic (exact) mass is 824 g/mol. The van der Waals surface area contributed by atoms with Crippen LogP contribution < -0.4 is 4.90 Å². The van der Waals surface area contributed by atoms with Crippen LogP contribution in [0.25, 0.3) is 93.5 Å². The van der Waals surface area contributed by atoms with Gasteiger partial charge in [0.2, 0.25) is 0 Å². The molecule has 0 atom stereocenters. The quantitative estimate of drug-likeness (QED) is 0.148. The summed E-state index contributed by atoms with van der Waals surface area (Å²) < 4.78 is 85.8. The Morgan fingerprint density at radius 1 is 0.312 bits per heavy atom. The first kappa shape index (κ1) is 28.2. The molecule has 0 bridgehead atoms. The fraction of sp³-hybridized carbons (Fsp3) is 0. The molecule has 0 fully saturated rings. The van der Waals surface area contributed by atoms with Crippen molar-refractivity contribution in [2.75, 3.05) is 4.90 Å². The van der Waals surface area contributed by atoms with Crippen LogP contribution in [0.5, 0.6) is 0 Å². The van der Waals surface area contributed by atoms with Crippen LogP contribution in [-0.4, -0.2) is 4.57 Å². The number of hydrogen-bond donors (Lipinski definition) is 0. The van der Waals surface area contributed by atoms with E-state index in [4.69, 9.17) is 13.7 Å². The number of nitrogens with zero attached hydrogens (tertiary/aromatic N) is 2. The van der Waals surface area contributed by atoms with Crippen molar-refractivity contribution in [3.05, 3.63) is 255 Å². The number of rotatable bonds is 8. The Labute approximate surface area is 387 Å². The number of anilines is 3. The second kappa shape index (κ2) is 15.8. The molecule has 1 aromatic heterocycles. The standard InChI is InChI=1S/C62H42N2/c1-4-12-43(13-5-1)45-26-33-55(34-27-45)63(56-35-28-46(29-36-56)44-14-6-2-7-15-44)57-37-30-51-40-50(24-25-52(51)41-57)47-20-22-48(23-21-47)53-32-39-61-60(42-53)59-38-31-49-16-10-11-19-58(49)62(59)64(61)54-17-8-3-9-18-54/h1-42H/i1D,2D,4D,5D,6D,7D,12D,13D,14D,15D. The van der Waals surface area contributed by atoms with Crippen molar-refractivity contribution >= 4 is 60.4 Å². The maximum absolute atomic E-state index is 8.58. The molecule has 0 saturated heterocycles. The van der Waals surface area contributed by atoms with Crippen LogP contribution in [0.3, 0.4) is 0 Å². The molecule has 0 spiro atoms. The number of hydrogen-bond acceptors (Lipinski definition) is 1. The van der Waals surface area contributed by atoms with Crippen molar-refractivity contribution in [2.45, 2.75) is 0 Å². The van der Waals surface area contributed by atoms with Crippen molar-refractivity contribution in [1.82, 2.24) is 4.57 Å². The largest absolute Gasteiger partial charge is 0.310 e. The second-order valence-electron chi connectivity index (χ2n) is 15.8. The van der Waals surface area contributed by atoms with Crippen LogP contribution in [0.4, 0.5) is 17.1 Å². The molecule has 0 unspecified atom stereocenters. The molecule has 12 rings (SSSR count). The van der Waals surface area contributed by atoms with E-state index in [2.05, 4.69) is 138 Å². The first-order valence-electron chi connectivity index (χ1n) is 26.2. The Kier molecular flexibility index (Phi) is 6.95. The zero-order chi connectivity index (χ0) is 51.1. The van der Waals surface area contributed by atoms with Crippen LogP contribution in [0.15, 0.2) is 255 Å². The molecule has 11 aromatic carbocycles. The van der Waals surface area contributed by atoms with Crippen LogP contribution >= 0.6 is 0 Å². The molecule has 0 N–H and O–H groups in total. The third-order valence-electron chi connectivity index (χ3n) is 12.1. The highest BCUT2D eigenvalue weighted by Crippen LogP contribution is 2.41. The number of aromatic nitrogens is 1. The summed E-state index contributed by atoms with van der Waals surface area (Å²) in [4.78, 5) is 2.02. The van der Waals surface area contributed by atoms with Gasteiger partial charge in [-0.25, -0.2) is 0 Å². The van der Waals surface area contributed by atoms with E-state index in [1.165, 1.54) is 27.1 Å². The van der Waals surface area contributed by atoms with Crippen LogP contribution in [-0.2, 0) is 0 Å². The number of benzene rings is 11. The molecule has 0 aliphatic rings. The Balaban J connectivity index is 0.890. The summed E-state index contributed by atoms with van der Waals surface area (Å²) in [5.41, 5.74) is 11.2. The van der Waals surface area contributed by atoms with Gasteiger partial charge in [-0.15, -0.1) is 0 Å². The summed E-state index contributed by atoms with van der Waals surface area (Å²) >= 11 is 0. The van der Waals surface area contributed by atoms with Crippen LogP contribution in [0.1, 0.15) is 13.7 Å². The fourth-order valence-corrected chi connectivity index (χ4v) is 9.00. The summed E-state index contributed by atoms with van der Waals surface area (Å²) in [5, 5.41) is 6.82. The van der Waals surface area contributed by atoms with Crippen LogP contribution in [0, 0.1) is 0 Å². The summed E-state index contributed by atoms with van der Waals surface area (Å²) in [6, 6.07) is 62.1. The van der Waals surface area contributed by atoms with Crippen LogP contribution in [0.2, 0.25) is 0 Å². The van der Waals surface area contributed by atoms with Crippen molar-refractivity contribution in [2.24, 2.45) is 0 Å². The lowest BCUT2D eigenvalue weighted by Crippen LogP contribution is -2.09. The van der Waals surface area contributed by atoms with Crippen molar-refractivity contribution in [1.29, 1.82) is 0 Å². The Morgan fingerprint density at radius 3 is 1.45 bits per heavy atom. The minimum absolute atomic E-state index is 0.104. The van der Waals surface area contributed by atoms with Gasteiger partial charge in [0.05, 0.1) is 24.7 Å². The molecule has 0 aliphatic carbocycles. The van der Waals surface area contributed by atoms with E-state index in [1.807, 2.05) is 41.3 Å². The van der Waals surface area contributed by atoms with Gasteiger partial charge in [-0.3, -0.25) is 0 Å². The van der Waals surface area contributed by atoms with Gasteiger partial charge in [0.15, 0.2) is 0 Å². The number of para-hydroxylation sites is 1. The van der Waals surface area contributed by atoms with Crippen molar-refractivity contribution < 1.29 is 13.7 Å². The number of fused-ring (bicyclic) bond motifs is 6. The average molecular weight is 825 g/mol. The minimum atomic E-state index is -0.455. The SMILES string of the molecule is [2H]c1c([2H])c([2H])c(-c2ccc(N(c3ccc(-c4c([2H])c([2H])c([2H])c([2H])c4[2H])cc3)c3ccc4cc(-c5ccc(-c6ccc7c(c6)c6ccc8ccccc8c6n7-c6ccccc6)cc5)ccc4c3)cc2)c([2H])c1[2H]. The van der Waals surface area contributed by atoms with Gasteiger partial charge >= 0.3 is 0 Å². The average Bonchev–Trinajstić information content (AvgIpc) is 3.79. The van der Waals surface area contributed by atoms with E-state index >= 15 is 0 Å². The first-order valence-corrected chi connectivity index (χ1v) is 21.2. The van der Waals surface area contributed by atoms with E-state index in [0.717, 1.165) is 49.9 Å². The van der Waals surface area contributed by atoms with E-state index in [-0.39, 0.29) is 35.3 Å².